The summed E-state index contributed by atoms with van der Waals surface area (Å²) in [5, 5.41) is 13.9. The Morgan fingerprint density at radius 3 is 2.89 bits per heavy atom. The number of aromatic amines is 1. The maximum absolute atomic E-state index is 11.9. The topological polar surface area (TPSA) is 104 Å². The van der Waals surface area contributed by atoms with Crippen LogP contribution in [0.5, 0.6) is 5.75 Å². The van der Waals surface area contributed by atoms with E-state index in [-0.39, 0.29) is 18.2 Å². The van der Waals surface area contributed by atoms with Crippen molar-refractivity contribution >= 4 is 16.9 Å². The fraction of sp³-hybridized carbons (Fsp3) is 0.500. The van der Waals surface area contributed by atoms with E-state index in [0.29, 0.717) is 45.0 Å². The lowest BCUT2D eigenvalue weighted by atomic mass is 10.1. The average molecular weight is 389 g/mol. The van der Waals surface area contributed by atoms with Crippen molar-refractivity contribution in [2.45, 2.75) is 25.4 Å². The molecule has 3 N–H and O–H groups in total. The van der Waals surface area contributed by atoms with Crippen LogP contribution in [0.25, 0.3) is 10.9 Å². The van der Waals surface area contributed by atoms with Gasteiger partial charge in [0.2, 0.25) is 5.56 Å². The second-order valence-electron chi connectivity index (χ2n) is 6.86. The van der Waals surface area contributed by atoms with Crippen LogP contribution in [-0.2, 0) is 4.74 Å². The highest BCUT2D eigenvalue weighted by molar-refractivity contribution is 5.79. The van der Waals surface area contributed by atoms with Gasteiger partial charge in [0.05, 0.1) is 19.3 Å². The number of aromatic nitrogens is 1. The van der Waals surface area contributed by atoms with Gasteiger partial charge in [0.1, 0.15) is 12.4 Å². The molecular weight excluding hydrogens is 362 g/mol. The molecule has 8 heteroatoms. The number of nitrogens with one attached hydrogen (secondary N) is 2. The second kappa shape index (κ2) is 10.1. The Bertz CT molecular complexity index is 832. The lowest BCUT2D eigenvalue weighted by molar-refractivity contribution is 0.0532. The summed E-state index contributed by atoms with van der Waals surface area (Å²) in [5.41, 5.74) is 0.609. The number of H-pyrrole nitrogens is 1. The summed E-state index contributed by atoms with van der Waals surface area (Å²) in [5.74, 6) is 0.649. The molecule has 0 unspecified atom stereocenters. The second-order valence-corrected chi connectivity index (χ2v) is 6.86. The summed E-state index contributed by atoms with van der Waals surface area (Å²) in [7, 11) is 0. The minimum absolute atomic E-state index is 0.0511. The standard InChI is InChI=1S/C20H27N3O5/c24-16(3-1-2-8-21-20(26)23-9-11-27-12-10-23)14-28-17-5-6-18-15(13-17)4-7-19(25)22-18/h4-7,13,16,24H,1-3,8-12,14H2,(H,21,26)(H,22,25)/t16-/m0/s1. The Balaban J connectivity index is 1.31. The molecule has 1 saturated heterocycles. The first-order chi connectivity index (χ1) is 13.6. The summed E-state index contributed by atoms with van der Waals surface area (Å²) in [6, 6.07) is 8.55. The van der Waals surface area contributed by atoms with Crippen molar-refractivity contribution in [2.75, 3.05) is 39.5 Å². The van der Waals surface area contributed by atoms with E-state index in [9.17, 15) is 14.7 Å². The number of carbonyl (C=O) groups excluding carboxylic acids is 1. The molecule has 1 aliphatic heterocycles. The number of amides is 2. The zero-order chi connectivity index (χ0) is 19.8. The molecule has 152 valence electrons. The fourth-order valence-corrected chi connectivity index (χ4v) is 3.08. The predicted molar refractivity (Wildman–Crippen MR) is 106 cm³/mol. The van der Waals surface area contributed by atoms with Crippen LogP contribution in [0.3, 0.4) is 0 Å². The SMILES string of the molecule is O=C(NCCCC[C@H](O)COc1ccc2[nH]c(=O)ccc2c1)N1CCOCC1. The number of morpholine rings is 1. The average Bonchev–Trinajstić information content (AvgIpc) is 2.72. The molecule has 1 fully saturated rings. The first kappa shape index (κ1) is 20.2. The van der Waals surface area contributed by atoms with Crippen LogP contribution < -0.4 is 15.6 Å². The van der Waals surface area contributed by atoms with E-state index < -0.39 is 6.10 Å². The molecule has 0 saturated carbocycles. The van der Waals surface area contributed by atoms with Gasteiger partial charge in [-0.25, -0.2) is 4.79 Å². The van der Waals surface area contributed by atoms with Gasteiger partial charge in [-0.05, 0) is 43.5 Å². The van der Waals surface area contributed by atoms with Crippen molar-refractivity contribution in [2.24, 2.45) is 0 Å². The number of rotatable bonds is 8. The minimum Gasteiger partial charge on any atom is -0.491 e. The van der Waals surface area contributed by atoms with Gasteiger partial charge in [0, 0.05) is 36.6 Å². The zero-order valence-corrected chi connectivity index (χ0v) is 15.9. The molecule has 8 nitrogen and oxygen atoms in total. The lowest BCUT2D eigenvalue weighted by Gasteiger charge is -2.26. The van der Waals surface area contributed by atoms with Crippen LogP contribution in [0.15, 0.2) is 35.1 Å². The third-order valence-electron chi connectivity index (χ3n) is 4.68. The molecule has 0 bridgehead atoms. The number of ether oxygens (including phenoxy) is 2. The van der Waals surface area contributed by atoms with Gasteiger partial charge in [-0.15, -0.1) is 0 Å². The number of hydrogen-bond acceptors (Lipinski definition) is 5. The van der Waals surface area contributed by atoms with Gasteiger partial charge in [-0.3, -0.25) is 4.79 Å². The van der Waals surface area contributed by atoms with Crippen LogP contribution in [-0.4, -0.2) is 66.6 Å². The van der Waals surface area contributed by atoms with Gasteiger partial charge in [0.25, 0.3) is 0 Å². The number of aliphatic hydroxyl groups is 1. The van der Waals surface area contributed by atoms with Gasteiger partial charge >= 0.3 is 6.03 Å². The summed E-state index contributed by atoms with van der Waals surface area (Å²) >= 11 is 0. The summed E-state index contributed by atoms with van der Waals surface area (Å²) in [6.07, 6.45) is 1.64. The third kappa shape index (κ3) is 5.97. The Morgan fingerprint density at radius 2 is 2.07 bits per heavy atom. The predicted octanol–water partition coefficient (Wildman–Crippen LogP) is 1.48. The number of fused-ring (bicyclic) bond motifs is 1. The Hall–Kier alpha value is -2.58. The maximum Gasteiger partial charge on any atom is 0.317 e. The van der Waals surface area contributed by atoms with E-state index >= 15 is 0 Å². The van der Waals surface area contributed by atoms with E-state index in [1.165, 1.54) is 6.07 Å². The molecule has 3 rings (SSSR count). The molecule has 28 heavy (non-hydrogen) atoms. The van der Waals surface area contributed by atoms with Crippen molar-refractivity contribution < 1.29 is 19.4 Å². The van der Waals surface area contributed by atoms with E-state index in [1.807, 2.05) is 6.07 Å². The zero-order valence-electron chi connectivity index (χ0n) is 15.9. The van der Waals surface area contributed by atoms with Crippen LogP contribution in [0.1, 0.15) is 19.3 Å². The molecule has 2 aromatic rings. The molecule has 0 spiro atoms. The summed E-state index contributed by atoms with van der Waals surface area (Å²) < 4.78 is 10.9. The number of nitrogens with zero attached hydrogens (tertiary/aromatic N) is 1. The third-order valence-corrected chi connectivity index (χ3v) is 4.68. The number of unbranched alkanes of at least 4 members (excludes halogenated alkanes) is 1. The highest BCUT2D eigenvalue weighted by Crippen LogP contribution is 2.18. The van der Waals surface area contributed by atoms with Gasteiger partial charge in [-0.1, -0.05) is 0 Å². The van der Waals surface area contributed by atoms with Gasteiger partial charge in [-0.2, -0.15) is 0 Å². The normalized spacial score (nSPS) is 15.4. The molecular formula is C20H27N3O5. The highest BCUT2D eigenvalue weighted by atomic mass is 16.5. The minimum atomic E-state index is -0.568. The Kier molecular flexibility index (Phi) is 7.27. The van der Waals surface area contributed by atoms with E-state index in [1.54, 1.807) is 23.1 Å². The number of aliphatic hydroxyl groups excluding tert-OH is 1. The lowest BCUT2D eigenvalue weighted by Crippen LogP contribution is -2.46. The highest BCUT2D eigenvalue weighted by Gasteiger charge is 2.15. The summed E-state index contributed by atoms with van der Waals surface area (Å²) in [6.45, 7) is 3.24. The first-order valence-electron chi connectivity index (χ1n) is 9.66. The monoisotopic (exact) mass is 389 g/mol. The van der Waals surface area contributed by atoms with Crippen LogP contribution in [0, 0.1) is 0 Å². The molecule has 0 aliphatic carbocycles. The smallest absolute Gasteiger partial charge is 0.317 e. The molecule has 0 radical (unpaired) electrons. The number of carbonyl (C=O) groups is 1. The van der Waals surface area contributed by atoms with Crippen molar-refractivity contribution in [3.63, 3.8) is 0 Å². The first-order valence-corrected chi connectivity index (χ1v) is 9.66. The van der Waals surface area contributed by atoms with Crippen LogP contribution >= 0.6 is 0 Å². The van der Waals surface area contributed by atoms with E-state index in [0.717, 1.165) is 23.7 Å². The molecule has 2 amide bonds. The van der Waals surface area contributed by atoms with Gasteiger partial charge in [0.15, 0.2) is 0 Å². The van der Waals surface area contributed by atoms with Crippen molar-refractivity contribution in [1.82, 2.24) is 15.2 Å². The van der Waals surface area contributed by atoms with Gasteiger partial charge < -0.3 is 29.8 Å². The number of benzene rings is 1. The molecule has 2 heterocycles. The maximum atomic E-state index is 11.9. The number of pyridine rings is 1. The van der Waals surface area contributed by atoms with Crippen LogP contribution in [0.2, 0.25) is 0 Å². The fourth-order valence-electron chi connectivity index (χ4n) is 3.08. The van der Waals surface area contributed by atoms with Crippen molar-refractivity contribution in [3.8, 4) is 5.75 Å². The van der Waals surface area contributed by atoms with E-state index in [4.69, 9.17) is 9.47 Å². The molecule has 1 aromatic heterocycles. The molecule has 1 aliphatic rings. The number of hydrogen-bond donors (Lipinski definition) is 3. The van der Waals surface area contributed by atoms with Crippen molar-refractivity contribution in [3.05, 3.63) is 40.7 Å². The van der Waals surface area contributed by atoms with Crippen molar-refractivity contribution in [1.29, 1.82) is 0 Å². The number of urea groups is 1. The summed E-state index contributed by atoms with van der Waals surface area (Å²) in [4.78, 5) is 27.7. The van der Waals surface area contributed by atoms with Crippen LogP contribution in [0.4, 0.5) is 4.79 Å². The quantitative estimate of drug-likeness (QED) is 0.594. The Morgan fingerprint density at radius 1 is 1.25 bits per heavy atom. The Labute approximate surface area is 163 Å². The van der Waals surface area contributed by atoms with E-state index in [2.05, 4.69) is 10.3 Å². The largest absolute Gasteiger partial charge is 0.491 e. The molecule has 1 atom stereocenters. The molecule has 1 aromatic carbocycles.